The molecule has 2 bridgehead atoms. The number of hydrogen-bond acceptors (Lipinski definition) is 1. The molecule has 282 valence electrons. The van der Waals surface area contributed by atoms with Gasteiger partial charge < -0.3 is 4.90 Å². The Hall–Kier alpha value is -5.40. The summed E-state index contributed by atoms with van der Waals surface area (Å²) < 4.78 is 0. The molecule has 11 rings (SSSR count). The molecule has 0 aliphatic heterocycles. The molecule has 0 spiro atoms. The van der Waals surface area contributed by atoms with Crippen molar-refractivity contribution in [3.05, 3.63) is 174 Å². The lowest BCUT2D eigenvalue weighted by Crippen LogP contribution is -2.17. The van der Waals surface area contributed by atoms with E-state index >= 15 is 0 Å². The molecule has 4 aliphatic rings. The summed E-state index contributed by atoms with van der Waals surface area (Å²) in [6, 6.07) is 58.4. The molecular weight excluding hydrogens is 687 g/mol. The predicted octanol–water partition coefficient (Wildman–Crippen LogP) is 15.9. The SMILES string of the molecule is CC1(C)c2ccccc2-c2cc(-c3ccc(-c4ccccc4)cc3)c(N(c3ccc(C4CC5CCC4C5)cc3)c3cccc4cc(C5CCCCC5)ccc34)cc21. The highest BCUT2D eigenvalue weighted by Gasteiger charge is 2.40. The first-order valence-corrected chi connectivity index (χ1v) is 21.9. The highest BCUT2D eigenvalue weighted by molar-refractivity contribution is 6.02. The quantitative estimate of drug-likeness (QED) is 0.157. The minimum atomic E-state index is -0.124. The maximum atomic E-state index is 2.60. The summed E-state index contributed by atoms with van der Waals surface area (Å²) in [4.78, 5) is 2.60. The van der Waals surface area contributed by atoms with E-state index in [-0.39, 0.29) is 5.41 Å². The van der Waals surface area contributed by atoms with Crippen LogP contribution in [0.3, 0.4) is 0 Å². The van der Waals surface area contributed by atoms with Crippen LogP contribution < -0.4 is 4.90 Å². The molecule has 0 aromatic heterocycles. The van der Waals surface area contributed by atoms with E-state index in [4.69, 9.17) is 0 Å². The van der Waals surface area contributed by atoms with Gasteiger partial charge in [0.25, 0.3) is 0 Å². The van der Waals surface area contributed by atoms with E-state index in [1.165, 1.54) is 141 Å². The number of nitrogens with zero attached hydrogens (tertiary/aromatic N) is 1. The van der Waals surface area contributed by atoms with Crippen molar-refractivity contribution in [3.8, 4) is 33.4 Å². The summed E-state index contributed by atoms with van der Waals surface area (Å²) in [6.07, 6.45) is 12.3. The molecule has 1 nitrogen and oxygen atoms in total. The molecule has 3 saturated carbocycles. The summed E-state index contributed by atoms with van der Waals surface area (Å²) in [5, 5.41) is 2.64. The number of benzene rings is 7. The maximum absolute atomic E-state index is 2.60. The van der Waals surface area contributed by atoms with Crippen LogP contribution in [0.15, 0.2) is 152 Å². The Morgan fingerprint density at radius 3 is 2.00 bits per heavy atom. The van der Waals surface area contributed by atoms with Crippen molar-refractivity contribution < 1.29 is 0 Å². The molecule has 0 radical (unpaired) electrons. The molecule has 7 aromatic rings. The monoisotopic (exact) mass is 739 g/mol. The zero-order valence-corrected chi connectivity index (χ0v) is 33.6. The lowest BCUT2D eigenvalue weighted by atomic mass is 9.81. The van der Waals surface area contributed by atoms with E-state index in [1.54, 1.807) is 0 Å². The summed E-state index contributed by atoms with van der Waals surface area (Å²) in [6.45, 7) is 4.82. The van der Waals surface area contributed by atoms with Gasteiger partial charge in [-0.2, -0.15) is 0 Å². The van der Waals surface area contributed by atoms with Gasteiger partial charge >= 0.3 is 0 Å². The standard InChI is InChI=1S/C56H53N/c1-56(2)52-18-10-9-17-48(52)51-35-50(42-24-22-40(23-25-42)38-12-5-3-6-13-38)55(36-53(51)56)57(46-29-26-41(27-30-46)49-33-37-20-21-45(49)32-37)54-19-11-16-44-34-43(28-31-47(44)54)39-14-7-4-8-15-39/h3,5-6,9-13,16-19,22-31,34-37,39,45,49H,4,7-8,14-15,20-21,32-33H2,1-2H3. The average molecular weight is 740 g/mol. The molecule has 0 N–H and O–H groups in total. The second-order valence-corrected chi connectivity index (χ2v) is 18.3. The van der Waals surface area contributed by atoms with E-state index in [0.29, 0.717) is 11.8 Å². The van der Waals surface area contributed by atoms with Gasteiger partial charge in [0.2, 0.25) is 0 Å². The highest BCUT2D eigenvalue weighted by atomic mass is 15.1. The molecular formula is C56H53N. The molecule has 1 heteroatoms. The number of rotatable bonds is 7. The van der Waals surface area contributed by atoms with Gasteiger partial charge in [-0.15, -0.1) is 0 Å². The summed E-state index contributed by atoms with van der Waals surface area (Å²) in [5.74, 6) is 3.17. The van der Waals surface area contributed by atoms with Crippen LogP contribution in [0.5, 0.6) is 0 Å². The Kier molecular flexibility index (Phi) is 8.50. The topological polar surface area (TPSA) is 3.24 Å². The molecule has 0 heterocycles. The lowest BCUT2D eigenvalue weighted by molar-refractivity contribution is 0.420. The Balaban J connectivity index is 1.12. The normalized spacial score (nSPS) is 20.8. The highest BCUT2D eigenvalue weighted by Crippen LogP contribution is 2.55. The summed E-state index contributed by atoms with van der Waals surface area (Å²) in [5.41, 5.74) is 17.1. The largest absolute Gasteiger partial charge is 0.309 e. The average Bonchev–Trinajstić information content (AvgIpc) is 3.97. The molecule has 0 saturated heterocycles. The van der Waals surface area contributed by atoms with E-state index < -0.39 is 0 Å². The Morgan fingerprint density at radius 2 is 1.23 bits per heavy atom. The van der Waals surface area contributed by atoms with Gasteiger partial charge in [0.1, 0.15) is 0 Å². The molecule has 3 atom stereocenters. The van der Waals surface area contributed by atoms with Crippen LogP contribution in [0.25, 0.3) is 44.2 Å². The zero-order valence-electron chi connectivity index (χ0n) is 33.6. The number of fused-ring (bicyclic) bond motifs is 6. The fourth-order valence-corrected chi connectivity index (χ4v) is 11.7. The van der Waals surface area contributed by atoms with Crippen molar-refractivity contribution >= 4 is 27.8 Å². The van der Waals surface area contributed by atoms with Crippen LogP contribution in [-0.4, -0.2) is 0 Å². The minimum absolute atomic E-state index is 0.124. The van der Waals surface area contributed by atoms with Gasteiger partial charge in [-0.3, -0.25) is 0 Å². The van der Waals surface area contributed by atoms with Crippen molar-refractivity contribution in [1.82, 2.24) is 0 Å². The smallest absolute Gasteiger partial charge is 0.0543 e. The third kappa shape index (κ3) is 5.96. The van der Waals surface area contributed by atoms with Gasteiger partial charge in [-0.05, 0) is 142 Å². The van der Waals surface area contributed by atoms with Crippen LogP contribution in [0, 0.1) is 11.8 Å². The van der Waals surface area contributed by atoms with Crippen molar-refractivity contribution in [1.29, 1.82) is 0 Å². The first-order chi connectivity index (χ1) is 28.0. The van der Waals surface area contributed by atoms with Gasteiger partial charge in [0.05, 0.1) is 11.4 Å². The third-order valence-corrected chi connectivity index (χ3v) is 14.8. The molecule has 57 heavy (non-hydrogen) atoms. The van der Waals surface area contributed by atoms with Crippen molar-refractivity contribution in [2.75, 3.05) is 4.90 Å². The van der Waals surface area contributed by atoms with E-state index in [0.717, 1.165) is 11.8 Å². The fraction of sp³-hybridized carbons (Fsp3) is 0.286. The van der Waals surface area contributed by atoms with E-state index in [1.807, 2.05) is 0 Å². The van der Waals surface area contributed by atoms with Gasteiger partial charge in [0, 0.05) is 22.1 Å². The van der Waals surface area contributed by atoms with Gasteiger partial charge in [0.15, 0.2) is 0 Å². The zero-order chi connectivity index (χ0) is 38.1. The van der Waals surface area contributed by atoms with E-state index in [2.05, 4.69) is 170 Å². The molecule has 0 amide bonds. The second kappa shape index (κ2) is 13.9. The first kappa shape index (κ1) is 34.8. The van der Waals surface area contributed by atoms with Crippen molar-refractivity contribution in [2.45, 2.75) is 88.9 Å². The predicted molar refractivity (Wildman–Crippen MR) is 241 cm³/mol. The minimum Gasteiger partial charge on any atom is -0.309 e. The second-order valence-electron chi connectivity index (χ2n) is 18.3. The Morgan fingerprint density at radius 1 is 0.491 bits per heavy atom. The van der Waals surface area contributed by atoms with E-state index in [9.17, 15) is 0 Å². The van der Waals surface area contributed by atoms with Crippen LogP contribution in [0.2, 0.25) is 0 Å². The maximum Gasteiger partial charge on any atom is 0.0543 e. The molecule has 3 unspecified atom stereocenters. The Labute approximate surface area is 339 Å². The third-order valence-electron chi connectivity index (χ3n) is 14.8. The van der Waals surface area contributed by atoms with Crippen LogP contribution in [0.1, 0.15) is 106 Å². The van der Waals surface area contributed by atoms with Crippen molar-refractivity contribution in [3.63, 3.8) is 0 Å². The summed E-state index contributed by atoms with van der Waals surface area (Å²) in [7, 11) is 0. The summed E-state index contributed by atoms with van der Waals surface area (Å²) >= 11 is 0. The molecule has 3 fully saturated rings. The lowest BCUT2D eigenvalue weighted by Gasteiger charge is -2.32. The number of anilines is 3. The fourth-order valence-electron chi connectivity index (χ4n) is 11.7. The van der Waals surface area contributed by atoms with Crippen LogP contribution in [0.4, 0.5) is 17.1 Å². The molecule has 7 aromatic carbocycles. The number of hydrogen-bond donors (Lipinski definition) is 0. The first-order valence-electron chi connectivity index (χ1n) is 21.9. The van der Waals surface area contributed by atoms with Crippen LogP contribution >= 0.6 is 0 Å². The van der Waals surface area contributed by atoms with Crippen LogP contribution in [-0.2, 0) is 5.41 Å². The van der Waals surface area contributed by atoms with Gasteiger partial charge in [-0.25, -0.2) is 0 Å². The van der Waals surface area contributed by atoms with Crippen molar-refractivity contribution in [2.24, 2.45) is 11.8 Å². The van der Waals surface area contributed by atoms with Gasteiger partial charge in [-0.1, -0.05) is 161 Å². The Bertz CT molecular complexity index is 2590. The molecule has 4 aliphatic carbocycles.